The van der Waals surface area contributed by atoms with Gasteiger partial charge in [0.25, 0.3) is 0 Å². The molecule has 0 amide bonds. The van der Waals surface area contributed by atoms with Crippen LogP contribution in [-0.2, 0) is 17.7 Å². The lowest BCUT2D eigenvalue weighted by Crippen LogP contribution is -2.27. The van der Waals surface area contributed by atoms with Crippen LogP contribution >= 0.6 is 0 Å². The molecule has 2 aromatic rings. The number of nitrogens with one attached hydrogen (secondary N) is 1. The molecule has 21 heavy (non-hydrogen) atoms. The van der Waals surface area contributed by atoms with Crippen molar-refractivity contribution in [2.24, 2.45) is 0 Å². The van der Waals surface area contributed by atoms with Crippen LogP contribution in [0.3, 0.4) is 0 Å². The van der Waals surface area contributed by atoms with Crippen molar-refractivity contribution in [3.63, 3.8) is 0 Å². The van der Waals surface area contributed by atoms with E-state index in [1.807, 2.05) is 18.3 Å². The third kappa shape index (κ3) is 3.40. The van der Waals surface area contributed by atoms with E-state index in [1.54, 1.807) is 7.11 Å². The lowest BCUT2D eigenvalue weighted by molar-refractivity contribution is 0.0423. The Bertz CT molecular complexity index is 584. The highest BCUT2D eigenvalue weighted by atomic mass is 16.5. The van der Waals surface area contributed by atoms with Crippen molar-refractivity contribution < 1.29 is 9.47 Å². The monoisotopic (exact) mass is 284 g/mol. The van der Waals surface area contributed by atoms with E-state index in [2.05, 4.69) is 34.6 Å². The molecule has 0 saturated carbocycles. The van der Waals surface area contributed by atoms with Crippen LogP contribution in [0.1, 0.15) is 22.8 Å². The lowest BCUT2D eigenvalue weighted by atomic mass is 9.97. The Labute approximate surface area is 125 Å². The summed E-state index contributed by atoms with van der Waals surface area (Å²) in [7, 11) is 1.62. The zero-order chi connectivity index (χ0) is 14.5. The molecule has 0 fully saturated rings. The predicted molar refractivity (Wildman–Crippen MR) is 81.3 cm³/mol. The molecular formula is C17H20N2O2. The SMILES string of the molecule is COc1ccc(CNCC2OCCc3ccccc32)cn1. The Hall–Kier alpha value is -1.91. The zero-order valence-corrected chi connectivity index (χ0v) is 12.2. The van der Waals surface area contributed by atoms with E-state index < -0.39 is 0 Å². The van der Waals surface area contributed by atoms with Gasteiger partial charge in [-0.05, 0) is 23.1 Å². The van der Waals surface area contributed by atoms with E-state index in [4.69, 9.17) is 9.47 Å². The Morgan fingerprint density at radius 2 is 2.19 bits per heavy atom. The summed E-state index contributed by atoms with van der Waals surface area (Å²) < 4.78 is 10.9. The molecular weight excluding hydrogens is 264 g/mol. The number of aromatic nitrogens is 1. The number of hydrogen-bond donors (Lipinski definition) is 1. The van der Waals surface area contributed by atoms with Gasteiger partial charge in [-0.25, -0.2) is 4.98 Å². The summed E-state index contributed by atoms with van der Waals surface area (Å²) in [5, 5.41) is 3.44. The van der Waals surface area contributed by atoms with Gasteiger partial charge in [0.2, 0.25) is 5.88 Å². The lowest BCUT2D eigenvalue weighted by Gasteiger charge is -2.26. The first-order valence-corrected chi connectivity index (χ1v) is 7.26. The van der Waals surface area contributed by atoms with Gasteiger partial charge in [0.05, 0.1) is 19.8 Å². The average Bonchev–Trinajstić information content (AvgIpc) is 2.56. The van der Waals surface area contributed by atoms with Crippen molar-refractivity contribution in [3.8, 4) is 5.88 Å². The topological polar surface area (TPSA) is 43.4 Å². The fourth-order valence-corrected chi connectivity index (χ4v) is 2.63. The number of nitrogens with zero attached hydrogens (tertiary/aromatic N) is 1. The number of rotatable bonds is 5. The number of methoxy groups -OCH3 is 1. The van der Waals surface area contributed by atoms with E-state index in [1.165, 1.54) is 11.1 Å². The molecule has 2 heterocycles. The second kappa shape index (κ2) is 6.70. The maximum atomic E-state index is 5.88. The number of ether oxygens (including phenoxy) is 2. The van der Waals surface area contributed by atoms with Gasteiger partial charge in [0.1, 0.15) is 0 Å². The first-order chi connectivity index (χ1) is 10.4. The van der Waals surface area contributed by atoms with Crippen LogP contribution in [0.2, 0.25) is 0 Å². The van der Waals surface area contributed by atoms with Gasteiger partial charge in [-0.1, -0.05) is 30.3 Å². The zero-order valence-electron chi connectivity index (χ0n) is 12.2. The van der Waals surface area contributed by atoms with Crippen LogP contribution in [0.5, 0.6) is 5.88 Å². The van der Waals surface area contributed by atoms with E-state index in [-0.39, 0.29) is 6.10 Å². The second-order valence-electron chi connectivity index (χ2n) is 5.15. The standard InChI is InChI=1S/C17H20N2O2/c1-20-17-7-6-13(11-19-17)10-18-12-16-15-5-3-2-4-14(15)8-9-21-16/h2-7,11,16,18H,8-10,12H2,1H3. The number of hydrogen-bond acceptors (Lipinski definition) is 4. The molecule has 3 rings (SSSR count). The van der Waals surface area contributed by atoms with Crippen LogP contribution in [0, 0.1) is 0 Å². The van der Waals surface area contributed by atoms with Crippen molar-refractivity contribution >= 4 is 0 Å². The third-order valence-corrected chi connectivity index (χ3v) is 3.76. The molecule has 4 nitrogen and oxygen atoms in total. The summed E-state index contributed by atoms with van der Waals surface area (Å²) in [6.07, 6.45) is 2.98. The maximum Gasteiger partial charge on any atom is 0.212 e. The van der Waals surface area contributed by atoms with Crippen LogP contribution < -0.4 is 10.1 Å². The minimum absolute atomic E-state index is 0.140. The van der Waals surface area contributed by atoms with E-state index in [0.717, 1.165) is 31.7 Å². The van der Waals surface area contributed by atoms with Crippen LogP contribution in [0.25, 0.3) is 0 Å². The quantitative estimate of drug-likeness (QED) is 0.916. The van der Waals surface area contributed by atoms with Gasteiger partial charge in [-0.3, -0.25) is 0 Å². The number of benzene rings is 1. The van der Waals surface area contributed by atoms with Crippen molar-refractivity contribution in [2.45, 2.75) is 19.1 Å². The minimum atomic E-state index is 0.140. The molecule has 1 atom stereocenters. The molecule has 0 saturated heterocycles. The molecule has 0 spiro atoms. The molecule has 110 valence electrons. The maximum absolute atomic E-state index is 5.88. The van der Waals surface area contributed by atoms with Crippen molar-refractivity contribution in [3.05, 3.63) is 59.3 Å². The van der Waals surface area contributed by atoms with Crippen molar-refractivity contribution in [1.29, 1.82) is 0 Å². The van der Waals surface area contributed by atoms with Gasteiger partial charge in [-0.2, -0.15) is 0 Å². The minimum Gasteiger partial charge on any atom is -0.481 e. The molecule has 1 aliphatic heterocycles. The summed E-state index contributed by atoms with van der Waals surface area (Å²) >= 11 is 0. The summed E-state index contributed by atoms with van der Waals surface area (Å²) in [5.74, 6) is 0.642. The molecule has 1 N–H and O–H groups in total. The van der Waals surface area contributed by atoms with Gasteiger partial charge in [0.15, 0.2) is 0 Å². The molecule has 1 aromatic heterocycles. The first kappa shape index (κ1) is 14.0. The molecule has 0 bridgehead atoms. The molecule has 1 aromatic carbocycles. The third-order valence-electron chi connectivity index (χ3n) is 3.76. The Kier molecular flexibility index (Phi) is 4.48. The Balaban J connectivity index is 1.56. The highest BCUT2D eigenvalue weighted by molar-refractivity contribution is 5.31. The summed E-state index contributed by atoms with van der Waals surface area (Å²) in [6.45, 7) is 2.38. The van der Waals surface area contributed by atoms with Crippen LogP contribution in [-0.4, -0.2) is 25.2 Å². The van der Waals surface area contributed by atoms with E-state index in [0.29, 0.717) is 5.88 Å². The predicted octanol–water partition coefficient (Wildman–Crippen LogP) is 2.49. The number of pyridine rings is 1. The van der Waals surface area contributed by atoms with Crippen molar-refractivity contribution in [2.75, 3.05) is 20.3 Å². The second-order valence-corrected chi connectivity index (χ2v) is 5.15. The largest absolute Gasteiger partial charge is 0.481 e. The van der Waals surface area contributed by atoms with Gasteiger partial charge in [-0.15, -0.1) is 0 Å². The molecule has 4 heteroatoms. The normalized spacial score (nSPS) is 17.3. The highest BCUT2D eigenvalue weighted by Gasteiger charge is 2.19. The number of fused-ring (bicyclic) bond motifs is 1. The fraction of sp³-hybridized carbons (Fsp3) is 0.353. The first-order valence-electron chi connectivity index (χ1n) is 7.26. The van der Waals surface area contributed by atoms with Gasteiger partial charge in [0, 0.05) is 25.4 Å². The highest BCUT2D eigenvalue weighted by Crippen LogP contribution is 2.26. The molecule has 1 aliphatic rings. The Morgan fingerprint density at radius 1 is 1.29 bits per heavy atom. The fourth-order valence-electron chi connectivity index (χ4n) is 2.63. The Morgan fingerprint density at radius 3 is 3.00 bits per heavy atom. The molecule has 0 radical (unpaired) electrons. The smallest absolute Gasteiger partial charge is 0.212 e. The van der Waals surface area contributed by atoms with Gasteiger partial charge >= 0.3 is 0 Å². The van der Waals surface area contributed by atoms with Crippen LogP contribution in [0.15, 0.2) is 42.6 Å². The summed E-state index contributed by atoms with van der Waals surface area (Å²) in [5.41, 5.74) is 3.85. The van der Waals surface area contributed by atoms with Crippen molar-refractivity contribution in [1.82, 2.24) is 10.3 Å². The van der Waals surface area contributed by atoms with Crippen LogP contribution in [0.4, 0.5) is 0 Å². The van der Waals surface area contributed by atoms with E-state index in [9.17, 15) is 0 Å². The molecule has 0 aliphatic carbocycles. The average molecular weight is 284 g/mol. The van der Waals surface area contributed by atoms with Gasteiger partial charge < -0.3 is 14.8 Å². The summed E-state index contributed by atoms with van der Waals surface area (Å²) in [6, 6.07) is 12.4. The molecule has 1 unspecified atom stereocenters. The van der Waals surface area contributed by atoms with E-state index >= 15 is 0 Å². The summed E-state index contributed by atoms with van der Waals surface area (Å²) in [4.78, 5) is 4.21.